The van der Waals surface area contributed by atoms with Gasteiger partial charge in [-0.15, -0.1) is 0 Å². The molecule has 0 saturated carbocycles. The summed E-state index contributed by atoms with van der Waals surface area (Å²) in [6.45, 7) is 4.48. The smallest absolute Gasteiger partial charge is 0.329 e. The van der Waals surface area contributed by atoms with Crippen molar-refractivity contribution in [2.75, 3.05) is 13.1 Å². The summed E-state index contributed by atoms with van der Waals surface area (Å²) in [5, 5.41) is 1.35. The highest BCUT2D eigenvalue weighted by Crippen LogP contribution is 2.62. The molecule has 2 aromatic rings. The van der Waals surface area contributed by atoms with Gasteiger partial charge in [-0.05, 0) is 37.3 Å². The Morgan fingerprint density at radius 3 is 3.04 bits per heavy atom. The van der Waals surface area contributed by atoms with E-state index in [1.54, 1.807) is 0 Å². The van der Waals surface area contributed by atoms with Gasteiger partial charge in [0.15, 0.2) is 0 Å². The van der Waals surface area contributed by atoms with Crippen molar-refractivity contribution in [1.82, 2.24) is 9.47 Å². The molecule has 4 nitrogen and oxygen atoms in total. The molecule has 4 aliphatic rings. The van der Waals surface area contributed by atoms with Gasteiger partial charge < -0.3 is 9.30 Å². The molecule has 0 amide bonds. The van der Waals surface area contributed by atoms with Gasteiger partial charge in [0.2, 0.25) is 0 Å². The Morgan fingerprint density at radius 2 is 2.17 bits per heavy atom. The standard InChI is InChI=1S/C20H22N2O2/c1-2-20-11-15-19(23)24-16(20)8-10-21-9-7-13-12-5-3-4-6-14(12)22(15)17(13)18(20)21/h3-6,15-16,18H,2,7-11H2,1H3/t15-,16+,18+,20+/m0/s1. The molecule has 2 bridgehead atoms. The molecular formula is C20H22N2O2. The predicted molar refractivity (Wildman–Crippen MR) is 90.8 cm³/mol. The van der Waals surface area contributed by atoms with Crippen LogP contribution >= 0.6 is 0 Å². The predicted octanol–water partition coefficient (Wildman–Crippen LogP) is 3.21. The molecule has 6 rings (SSSR count). The summed E-state index contributed by atoms with van der Waals surface area (Å²) in [6, 6.07) is 8.92. The molecule has 1 aromatic heterocycles. The van der Waals surface area contributed by atoms with Gasteiger partial charge in [0.1, 0.15) is 12.1 Å². The zero-order valence-electron chi connectivity index (χ0n) is 14.0. The second kappa shape index (κ2) is 4.23. The number of para-hydroxylation sites is 1. The molecule has 0 radical (unpaired) electrons. The minimum Gasteiger partial charge on any atom is -0.460 e. The SMILES string of the molecule is CC[C@@]12C[C@H]3C(=O)O[C@@H]1CCN1CCc4c(n3c3ccccc43)[C@@H]12. The highest BCUT2D eigenvalue weighted by atomic mass is 16.5. The number of carbonyl (C=O) groups excluding carboxylic acids is 1. The third-order valence-electron chi connectivity index (χ3n) is 7.27. The summed E-state index contributed by atoms with van der Waals surface area (Å²) in [6.07, 6.45) is 4.23. The van der Waals surface area contributed by atoms with Gasteiger partial charge in [0.05, 0.1) is 6.04 Å². The van der Waals surface area contributed by atoms with Crippen LogP contribution in [0.1, 0.15) is 49.5 Å². The molecular weight excluding hydrogens is 300 g/mol. The molecule has 4 heteroatoms. The Balaban J connectivity index is 1.75. The summed E-state index contributed by atoms with van der Waals surface area (Å²) in [7, 11) is 0. The summed E-state index contributed by atoms with van der Waals surface area (Å²) in [4.78, 5) is 15.5. The van der Waals surface area contributed by atoms with Crippen LogP contribution in [0.25, 0.3) is 10.9 Å². The molecule has 1 aromatic carbocycles. The first-order valence-electron chi connectivity index (χ1n) is 9.31. The number of aromatic nitrogens is 1. The lowest BCUT2D eigenvalue weighted by atomic mass is 9.60. The molecule has 0 N–H and O–H groups in total. The Labute approximate surface area is 141 Å². The molecule has 24 heavy (non-hydrogen) atoms. The van der Waals surface area contributed by atoms with Crippen LogP contribution in [0.2, 0.25) is 0 Å². The number of esters is 1. The van der Waals surface area contributed by atoms with Crippen molar-refractivity contribution in [1.29, 1.82) is 0 Å². The highest BCUT2D eigenvalue weighted by Gasteiger charge is 2.62. The first-order valence-corrected chi connectivity index (χ1v) is 9.31. The number of nitrogens with zero attached hydrogens (tertiary/aromatic N) is 2. The van der Waals surface area contributed by atoms with E-state index in [4.69, 9.17) is 4.74 Å². The van der Waals surface area contributed by atoms with Crippen LogP contribution in [0.5, 0.6) is 0 Å². The van der Waals surface area contributed by atoms with E-state index >= 15 is 0 Å². The van der Waals surface area contributed by atoms with Crippen LogP contribution in [0.3, 0.4) is 0 Å². The Hall–Kier alpha value is -1.81. The maximum absolute atomic E-state index is 12.8. The Bertz CT molecular complexity index is 885. The van der Waals surface area contributed by atoms with Gasteiger partial charge in [0, 0.05) is 35.1 Å². The van der Waals surface area contributed by atoms with E-state index in [1.807, 2.05) is 0 Å². The zero-order valence-corrected chi connectivity index (χ0v) is 14.0. The van der Waals surface area contributed by atoms with E-state index in [-0.39, 0.29) is 23.5 Å². The minimum atomic E-state index is -0.135. The number of hydrogen-bond donors (Lipinski definition) is 0. The first-order chi connectivity index (χ1) is 11.7. The van der Waals surface area contributed by atoms with Gasteiger partial charge in [-0.25, -0.2) is 4.79 Å². The van der Waals surface area contributed by atoms with Crippen molar-refractivity contribution in [3.8, 4) is 0 Å². The van der Waals surface area contributed by atoms with Gasteiger partial charge >= 0.3 is 5.97 Å². The van der Waals surface area contributed by atoms with Crippen LogP contribution in [-0.4, -0.2) is 34.6 Å². The van der Waals surface area contributed by atoms with E-state index < -0.39 is 0 Å². The van der Waals surface area contributed by atoms with Crippen LogP contribution in [-0.2, 0) is 16.0 Å². The second-order valence-electron chi connectivity index (χ2n) is 7.96. The third kappa shape index (κ3) is 1.32. The number of benzene rings is 1. The summed E-state index contributed by atoms with van der Waals surface area (Å²) in [5.74, 6) is -0.00917. The van der Waals surface area contributed by atoms with Gasteiger partial charge in [-0.1, -0.05) is 25.1 Å². The van der Waals surface area contributed by atoms with Crippen molar-refractivity contribution in [3.63, 3.8) is 0 Å². The number of rotatable bonds is 1. The number of hydrogen-bond acceptors (Lipinski definition) is 3. The lowest BCUT2D eigenvalue weighted by molar-refractivity contribution is -0.202. The normalized spacial score (nSPS) is 36.7. The number of fused-ring (bicyclic) bond motifs is 5. The monoisotopic (exact) mass is 322 g/mol. The quantitative estimate of drug-likeness (QED) is 0.756. The lowest BCUT2D eigenvalue weighted by Crippen LogP contribution is -2.63. The van der Waals surface area contributed by atoms with Crippen molar-refractivity contribution in [2.24, 2.45) is 5.41 Å². The fraction of sp³-hybridized carbons (Fsp3) is 0.550. The summed E-state index contributed by atoms with van der Waals surface area (Å²) < 4.78 is 8.37. The van der Waals surface area contributed by atoms with Gasteiger partial charge in [-0.2, -0.15) is 0 Å². The maximum Gasteiger partial charge on any atom is 0.329 e. The molecule has 0 aliphatic carbocycles. The van der Waals surface area contributed by atoms with Crippen LogP contribution in [0, 0.1) is 5.41 Å². The van der Waals surface area contributed by atoms with E-state index in [2.05, 4.69) is 40.7 Å². The maximum atomic E-state index is 12.8. The van der Waals surface area contributed by atoms with Crippen LogP contribution < -0.4 is 0 Å². The zero-order chi connectivity index (χ0) is 16.1. The molecule has 2 saturated heterocycles. The highest BCUT2D eigenvalue weighted by molar-refractivity contribution is 5.89. The molecule has 2 fully saturated rings. The van der Waals surface area contributed by atoms with Gasteiger partial charge in [-0.3, -0.25) is 4.90 Å². The fourth-order valence-corrected chi connectivity index (χ4v) is 6.27. The number of carbonyl (C=O) groups is 1. The third-order valence-corrected chi connectivity index (χ3v) is 7.27. The second-order valence-corrected chi connectivity index (χ2v) is 7.96. The first kappa shape index (κ1) is 13.5. The van der Waals surface area contributed by atoms with E-state index in [0.717, 1.165) is 38.8 Å². The summed E-state index contributed by atoms with van der Waals surface area (Å²) in [5.41, 5.74) is 4.25. The van der Waals surface area contributed by atoms with Gasteiger partial charge in [0.25, 0.3) is 0 Å². The fourth-order valence-electron chi connectivity index (χ4n) is 6.27. The van der Waals surface area contributed by atoms with E-state index in [9.17, 15) is 4.79 Å². The van der Waals surface area contributed by atoms with Crippen molar-refractivity contribution >= 4 is 16.9 Å². The molecule has 0 unspecified atom stereocenters. The molecule has 5 heterocycles. The molecule has 4 aliphatic heterocycles. The Kier molecular flexibility index (Phi) is 2.38. The van der Waals surface area contributed by atoms with E-state index in [0.29, 0.717) is 6.04 Å². The average molecular weight is 322 g/mol. The Morgan fingerprint density at radius 1 is 1.29 bits per heavy atom. The van der Waals surface area contributed by atoms with Crippen molar-refractivity contribution in [3.05, 3.63) is 35.5 Å². The molecule has 0 spiro atoms. The topological polar surface area (TPSA) is 34.5 Å². The van der Waals surface area contributed by atoms with Crippen molar-refractivity contribution < 1.29 is 9.53 Å². The number of ether oxygens (including phenoxy) is 1. The molecule has 4 atom stereocenters. The minimum absolute atomic E-state index is 0.00917. The molecule has 124 valence electrons. The average Bonchev–Trinajstić information content (AvgIpc) is 2.96. The lowest BCUT2D eigenvalue weighted by Gasteiger charge is -2.61. The largest absolute Gasteiger partial charge is 0.460 e. The van der Waals surface area contributed by atoms with E-state index in [1.165, 1.54) is 22.2 Å². The summed E-state index contributed by atoms with van der Waals surface area (Å²) >= 11 is 0. The van der Waals surface area contributed by atoms with Crippen LogP contribution in [0.4, 0.5) is 0 Å². The van der Waals surface area contributed by atoms with Crippen molar-refractivity contribution in [2.45, 2.75) is 50.8 Å². The number of piperidine rings is 1. The van der Waals surface area contributed by atoms with Crippen LogP contribution in [0.15, 0.2) is 24.3 Å².